The Bertz CT molecular complexity index is 662. The molecule has 5 heteroatoms. The Balaban J connectivity index is 2.66. The van der Waals surface area contributed by atoms with Crippen molar-refractivity contribution in [3.63, 3.8) is 0 Å². The number of carbonyl (C=O) groups excluding carboxylic acids is 1. The Kier molecular flexibility index (Phi) is 4.68. The van der Waals surface area contributed by atoms with Crippen molar-refractivity contribution in [2.75, 3.05) is 6.54 Å². The lowest BCUT2D eigenvalue weighted by Crippen LogP contribution is -2.24. The van der Waals surface area contributed by atoms with Crippen LogP contribution in [0.15, 0.2) is 24.3 Å². The fourth-order valence-electron chi connectivity index (χ4n) is 2.42. The van der Waals surface area contributed by atoms with Gasteiger partial charge in [0, 0.05) is 6.54 Å². The lowest BCUT2D eigenvalue weighted by atomic mass is 10.0. The molecule has 0 aliphatic heterocycles. The van der Waals surface area contributed by atoms with Crippen molar-refractivity contribution in [2.24, 2.45) is 0 Å². The van der Waals surface area contributed by atoms with Crippen molar-refractivity contribution in [3.8, 4) is 5.69 Å². The number of aryl methyl sites for hydroxylation is 1. The van der Waals surface area contributed by atoms with Gasteiger partial charge in [0.25, 0.3) is 5.91 Å². The van der Waals surface area contributed by atoms with E-state index in [-0.39, 0.29) is 11.8 Å². The zero-order valence-electron chi connectivity index (χ0n) is 12.8. The molecule has 0 bridgehead atoms. The highest BCUT2D eigenvalue weighted by Gasteiger charge is 2.24. The van der Waals surface area contributed by atoms with Crippen LogP contribution in [-0.4, -0.2) is 22.2 Å². The number of nitrogens with one attached hydrogen (secondary N) is 1. The first-order valence-electron chi connectivity index (χ1n) is 7.10. The van der Waals surface area contributed by atoms with E-state index < -0.39 is 0 Å². The van der Waals surface area contributed by atoms with E-state index in [2.05, 4.69) is 10.4 Å². The van der Waals surface area contributed by atoms with Gasteiger partial charge < -0.3 is 5.32 Å². The van der Waals surface area contributed by atoms with E-state index in [1.54, 1.807) is 4.68 Å². The third-order valence-corrected chi connectivity index (χ3v) is 3.61. The van der Waals surface area contributed by atoms with E-state index in [1.807, 2.05) is 52.0 Å². The Hall–Kier alpha value is -1.81. The number of aromatic nitrogens is 2. The molecule has 4 nitrogen and oxygen atoms in total. The summed E-state index contributed by atoms with van der Waals surface area (Å²) < 4.78 is 1.78. The van der Waals surface area contributed by atoms with Crippen LogP contribution < -0.4 is 5.32 Å². The van der Waals surface area contributed by atoms with Crippen LogP contribution in [0.2, 0.25) is 5.02 Å². The fraction of sp³-hybridized carbons (Fsp3) is 0.375. The third-order valence-electron chi connectivity index (χ3n) is 3.29. The number of rotatable bonds is 4. The minimum absolute atomic E-state index is 0.0861. The van der Waals surface area contributed by atoms with E-state index in [9.17, 15) is 4.79 Å². The van der Waals surface area contributed by atoms with Crippen molar-refractivity contribution >= 4 is 17.5 Å². The molecule has 1 amide bonds. The number of halogens is 1. The van der Waals surface area contributed by atoms with Crippen molar-refractivity contribution < 1.29 is 4.79 Å². The van der Waals surface area contributed by atoms with Crippen molar-refractivity contribution in [2.45, 2.75) is 33.6 Å². The third kappa shape index (κ3) is 2.95. The highest BCUT2D eigenvalue weighted by molar-refractivity contribution is 6.32. The van der Waals surface area contributed by atoms with Crippen LogP contribution in [0.3, 0.4) is 0 Å². The van der Waals surface area contributed by atoms with E-state index in [0.717, 1.165) is 11.4 Å². The van der Waals surface area contributed by atoms with E-state index in [0.29, 0.717) is 22.8 Å². The largest absolute Gasteiger partial charge is 0.352 e. The number of amides is 1. The van der Waals surface area contributed by atoms with Gasteiger partial charge in [0.15, 0.2) is 0 Å². The zero-order valence-corrected chi connectivity index (χ0v) is 13.5. The minimum atomic E-state index is -0.0861. The number of benzene rings is 1. The Morgan fingerprint density at radius 3 is 2.62 bits per heavy atom. The predicted octanol–water partition coefficient (Wildman–Crippen LogP) is 3.71. The summed E-state index contributed by atoms with van der Waals surface area (Å²) in [6.45, 7) is 8.44. The van der Waals surface area contributed by atoms with Gasteiger partial charge in [-0.05, 0) is 31.9 Å². The van der Waals surface area contributed by atoms with Gasteiger partial charge in [-0.3, -0.25) is 4.79 Å². The molecular formula is C16H20ClN3O. The lowest BCUT2D eigenvalue weighted by Gasteiger charge is -2.13. The topological polar surface area (TPSA) is 46.9 Å². The summed E-state index contributed by atoms with van der Waals surface area (Å²) in [5.41, 5.74) is 3.03. The number of nitrogens with zero attached hydrogens (tertiary/aromatic N) is 2. The lowest BCUT2D eigenvalue weighted by molar-refractivity contribution is 0.0954. The maximum atomic E-state index is 12.3. The van der Waals surface area contributed by atoms with Gasteiger partial charge >= 0.3 is 0 Å². The van der Waals surface area contributed by atoms with Crippen LogP contribution in [0, 0.1) is 6.92 Å². The Labute approximate surface area is 130 Å². The average Bonchev–Trinajstić information content (AvgIpc) is 2.77. The first-order valence-corrected chi connectivity index (χ1v) is 7.47. The van der Waals surface area contributed by atoms with Crippen LogP contribution in [0.5, 0.6) is 0 Å². The second-order valence-electron chi connectivity index (χ2n) is 5.22. The first kappa shape index (κ1) is 15.6. The molecule has 1 aromatic carbocycles. The molecular weight excluding hydrogens is 286 g/mol. The van der Waals surface area contributed by atoms with Gasteiger partial charge in [-0.1, -0.05) is 37.6 Å². The fourth-order valence-corrected chi connectivity index (χ4v) is 2.63. The van der Waals surface area contributed by atoms with Crippen molar-refractivity contribution in [3.05, 3.63) is 46.2 Å². The molecule has 1 heterocycles. The summed E-state index contributed by atoms with van der Waals surface area (Å²) in [5, 5.41) is 8.00. The molecule has 1 N–H and O–H groups in total. The summed E-state index contributed by atoms with van der Waals surface area (Å²) in [4.78, 5) is 12.3. The molecule has 0 saturated heterocycles. The number of hydrogen-bond donors (Lipinski definition) is 1. The summed E-state index contributed by atoms with van der Waals surface area (Å²) in [5.74, 6) is 0.0667. The van der Waals surface area contributed by atoms with Crippen LogP contribution in [0.4, 0.5) is 0 Å². The van der Waals surface area contributed by atoms with Gasteiger partial charge in [0.1, 0.15) is 0 Å². The molecule has 0 radical (unpaired) electrons. The molecule has 0 fully saturated rings. The summed E-state index contributed by atoms with van der Waals surface area (Å²) >= 11 is 6.28. The second-order valence-corrected chi connectivity index (χ2v) is 5.63. The predicted molar refractivity (Wildman–Crippen MR) is 85.4 cm³/mol. The highest BCUT2D eigenvalue weighted by atomic mass is 35.5. The first-order chi connectivity index (χ1) is 9.97. The molecule has 0 spiro atoms. The molecule has 1 aromatic heterocycles. The highest BCUT2D eigenvalue weighted by Crippen LogP contribution is 2.28. The molecule has 0 unspecified atom stereocenters. The van der Waals surface area contributed by atoms with Gasteiger partial charge in [-0.15, -0.1) is 0 Å². The molecule has 0 aliphatic rings. The van der Waals surface area contributed by atoms with Gasteiger partial charge in [-0.2, -0.15) is 5.10 Å². The van der Waals surface area contributed by atoms with Crippen LogP contribution in [0.1, 0.15) is 48.4 Å². The SMILES string of the molecule is CCNC(=O)c1c(C)nn(-c2ccccc2Cl)c1C(C)C. The molecule has 112 valence electrons. The minimum Gasteiger partial charge on any atom is -0.352 e. The van der Waals surface area contributed by atoms with Crippen molar-refractivity contribution in [1.82, 2.24) is 15.1 Å². The smallest absolute Gasteiger partial charge is 0.255 e. The van der Waals surface area contributed by atoms with E-state index in [1.165, 1.54) is 0 Å². The van der Waals surface area contributed by atoms with Crippen LogP contribution in [0.25, 0.3) is 5.69 Å². The second kappa shape index (κ2) is 6.31. The number of hydrogen-bond acceptors (Lipinski definition) is 2. The quantitative estimate of drug-likeness (QED) is 0.936. The number of para-hydroxylation sites is 1. The van der Waals surface area contributed by atoms with Gasteiger partial charge in [-0.25, -0.2) is 4.68 Å². The maximum absolute atomic E-state index is 12.3. The molecule has 2 aromatic rings. The molecule has 0 saturated carbocycles. The summed E-state index contributed by atoms with van der Waals surface area (Å²) in [6.07, 6.45) is 0. The molecule has 0 aliphatic carbocycles. The van der Waals surface area contributed by atoms with Crippen molar-refractivity contribution in [1.29, 1.82) is 0 Å². The monoisotopic (exact) mass is 305 g/mol. The molecule has 0 atom stereocenters. The van der Waals surface area contributed by atoms with Crippen LogP contribution in [-0.2, 0) is 0 Å². The standard InChI is InChI=1S/C16H20ClN3O/c1-5-18-16(21)14-11(4)19-20(15(14)10(2)3)13-9-7-6-8-12(13)17/h6-10H,5H2,1-4H3,(H,18,21). The van der Waals surface area contributed by atoms with Crippen LogP contribution >= 0.6 is 11.6 Å². The Morgan fingerprint density at radius 1 is 1.38 bits per heavy atom. The normalized spacial score (nSPS) is 11.0. The van der Waals surface area contributed by atoms with Gasteiger partial charge in [0.2, 0.25) is 0 Å². The average molecular weight is 306 g/mol. The number of carbonyl (C=O) groups is 1. The molecule has 21 heavy (non-hydrogen) atoms. The summed E-state index contributed by atoms with van der Waals surface area (Å²) in [6, 6.07) is 7.52. The zero-order chi connectivity index (χ0) is 15.6. The van der Waals surface area contributed by atoms with E-state index in [4.69, 9.17) is 11.6 Å². The maximum Gasteiger partial charge on any atom is 0.255 e. The summed E-state index contributed by atoms with van der Waals surface area (Å²) in [7, 11) is 0. The Morgan fingerprint density at radius 2 is 2.05 bits per heavy atom. The molecule has 2 rings (SSSR count). The van der Waals surface area contributed by atoms with E-state index >= 15 is 0 Å². The van der Waals surface area contributed by atoms with Gasteiger partial charge in [0.05, 0.1) is 27.7 Å².